The van der Waals surface area contributed by atoms with E-state index in [1.54, 1.807) is 11.8 Å². The highest BCUT2D eigenvalue weighted by atomic mass is 35.5. The summed E-state index contributed by atoms with van der Waals surface area (Å²) < 4.78 is 5.77. The highest BCUT2D eigenvalue weighted by Gasteiger charge is 2.08. The zero-order valence-corrected chi connectivity index (χ0v) is 16.5. The highest BCUT2D eigenvalue weighted by Crippen LogP contribution is 2.25. The van der Waals surface area contributed by atoms with Gasteiger partial charge in [-0.2, -0.15) is 0 Å². The number of nitrogens with zero attached hydrogens (tertiary/aromatic N) is 1. The summed E-state index contributed by atoms with van der Waals surface area (Å²) in [7, 11) is 0. The first-order valence-corrected chi connectivity index (χ1v) is 10.2. The number of amides is 1. The zero-order valence-electron chi connectivity index (χ0n) is 14.9. The molecule has 140 valence electrons. The van der Waals surface area contributed by atoms with E-state index in [-0.39, 0.29) is 5.91 Å². The fourth-order valence-corrected chi connectivity index (χ4v) is 3.69. The third-order valence-corrected chi connectivity index (χ3v) is 5.39. The highest BCUT2D eigenvalue weighted by molar-refractivity contribution is 7.99. The van der Waals surface area contributed by atoms with Gasteiger partial charge in [0.15, 0.2) is 5.58 Å². The largest absolute Gasteiger partial charge is 0.436 e. The molecule has 1 aromatic heterocycles. The molecule has 28 heavy (non-hydrogen) atoms. The molecule has 4 rings (SSSR count). The molecule has 0 unspecified atom stereocenters. The number of fused-ring (bicyclic) bond motifs is 1. The number of hydrogen-bond acceptors (Lipinski definition) is 4. The second-order valence-electron chi connectivity index (χ2n) is 6.16. The van der Waals surface area contributed by atoms with Crippen LogP contribution in [0.25, 0.3) is 22.6 Å². The summed E-state index contributed by atoms with van der Waals surface area (Å²) in [5.74, 6) is 1.25. The molecule has 1 heterocycles. The Morgan fingerprint density at radius 1 is 1.00 bits per heavy atom. The van der Waals surface area contributed by atoms with Crippen molar-refractivity contribution in [2.24, 2.45) is 0 Å². The lowest BCUT2D eigenvalue weighted by Gasteiger charge is -2.06. The summed E-state index contributed by atoms with van der Waals surface area (Å²) in [4.78, 5) is 17.7. The Balaban J connectivity index is 1.32. The van der Waals surface area contributed by atoms with Crippen molar-refractivity contribution in [2.75, 3.05) is 11.1 Å². The Hall–Kier alpha value is -2.76. The van der Waals surface area contributed by atoms with Crippen LogP contribution in [0.15, 0.2) is 82.1 Å². The van der Waals surface area contributed by atoms with E-state index in [2.05, 4.69) is 10.3 Å². The quantitative estimate of drug-likeness (QED) is 0.382. The van der Waals surface area contributed by atoms with Crippen LogP contribution < -0.4 is 5.32 Å². The van der Waals surface area contributed by atoms with Gasteiger partial charge in [0.05, 0.1) is 0 Å². The molecular formula is C22H17ClN2O2S. The number of carbonyl (C=O) groups is 1. The predicted octanol–water partition coefficient (Wildman–Crippen LogP) is 6.27. The van der Waals surface area contributed by atoms with E-state index in [1.165, 1.54) is 0 Å². The van der Waals surface area contributed by atoms with Gasteiger partial charge < -0.3 is 9.73 Å². The van der Waals surface area contributed by atoms with Crippen LogP contribution >= 0.6 is 23.4 Å². The number of halogens is 1. The van der Waals surface area contributed by atoms with E-state index in [0.29, 0.717) is 23.1 Å². The Morgan fingerprint density at radius 2 is 1.75 bits per heavy atom. The third kappa shape index (κ3) is 4.55. The number of aromatic nitrogens is 1. The molecule has 4 aromatic rings. The monoisotopic (exact) mass is 408 g/mol. The second kappa shape index (κ2) is 8.50. The van der Waals surface area contributed by atoms with E-state index in [0.717, 1.165) is 27.2 Å². The van der Waals surface area contributed by atoms with Crippen molar-refractivity contribution in [3.63, 3.8) is 0 Å². The van der Waals surface area contributed by atoms with Gasteiger partial charge in [0.25, 0.3) is 0 Å². The van der Waals surface area contributed by atoms with Crippen LogP contribution in [0.1, 0.15) is 6.42 Å². The van der Waals surface area contributed by atoms with E-state index >= 15 is 0 Å². The topological polar surface area (TPSA) is 55.1 Å². The van der Waals surface area contributed by atoms with Crippen LogP contribution in [0.2, 0.25) is 5.02 Å². The zero-order chi connectivity index (χ0) is 19.3. The lowest BCUT2D eigenvalue weighted by Crippen LogP contribution is -2.12. The van der Waals surface area contributed by atoms with Gasteiger partial charge in [-0.3, -0.25) is 4.79 Å². The smallest absolute Gasteiger partial charge is 0.227 e. The van der Waals surface area contributed by atoms with Crippen molar-refractivity contribution in [2.45, 2.75) is 11.3 Å². The number of anilines is 1. The minimum Gasteiger partial charge on any atom is -0.436 e. The molecule has 0 saturated heterocycles. The summed E-state index contributed by atoms with van der Waals surface area (Å²) >= 11 is 7.50. The van der Waals surface area contributed by atoms with Crippen molar-refractivity contribution in [1.29, 1.82) is 0 Å². The fraction of sp³-hybridized carbons (Fsp3) is 0.0909. The first-order valence-electron chi connectivity index (χ1n) is 8.82. The first-order chi connectivity index (χ1) is 13.7. The summed E-state index contributed by atoms with van der Waals surface area (Å²) in [6, 6.07) is 22.8. The van der Waals surface area contributed by atoms with Crippen LogP contribution in [0.5, 0.6) is 0 Å². The molecule has 0 saturated carbocycles. The Morgan fingerprint density at radius 3 is 2.50 bits per heavy atom. The molecule has 0 spiro atoms. The van der Waals surface area contributed by atoms with Crippen LogP contribution in [-0.4, -0.2) is 16.6 Å². The van der Waals surface area contributed by atoms with Gasteiger partial charge >= 0.3 is 0 Å². The Kier molecular flexibility index (Phi) is 5.65. The summed E-state index contributed by atoms with van der Waals surface area (Å²) in [5, 5.41) is 3.63. The number of rotatable bonds is 6. The van der Waals surface area contributed by atoms with Crippen LogP contribution in [0.4, 0.5) is 5.69 Å². The van der Waals surface area contributed by atoms with Crippen LogP contribution in [-0.2, 0) is 4.79 Å². The molecule has 6 heteroatoms. The van der Waals surface area contributed by atoms with Crippen molar-refractivity contribution < 1.29 is 9.21 Å². The minimum atomic E-state index is -0.0175. The maximum absolute atomic E-state index is 12.2. The molecule has 0 aliphatic carbocycles. The van der Waals surface area contributed by atoms with Gasteiger partial charge in [-0.25, -0.2) is 4.98 Å². The molecule has 0 aliphatic heterocycles. The lowest BCUT2D eigenvalue weighted by atomic mass is 10.2. The van der Waals surface area contributed by atoms with Gasteiger partial charge in [-0.1, -0.05) is 23.7 Å². The predicted molar refractivity (Wildman–Crippen MR) is 115 cm³/mol. The summed E-state index contributed by atoms with van der Waals surface area (Å²) in [5.41, 5.74) is 3.20. The molecule has 1 N–H and O–H groups in total. The average molecular weight is 409 g/mol. The Labute approximate surface area is 171 Å². The maximum Gasteiger partial charge on any atom is 0.227 e. The molecular weight excluding hydrogens is 392 g/mol. The van der Waals surface area contributed by atoms with Gasteiger partial charge in [-0.15, -0.1) is 11.8 Å². The van der Waals surface area contributed by atoms with Crippen LogP contribution in [0, 0.1) is 0 Å². The maximum atomic E-state index is 12.2. The van der Waals surface area contributed by atoms with Crippen molar-refractivity contribution in [3.8, 4) is 11.5 Å². The number of hydrogen-bond donors (Lipinski definition) is 1. The van der Waals surface area contributed by atoms with E-state index in [9.17, 15) is 4.79 Å². The number of para-hydroxylation sites is 2. The standard InChI is InChI=1S/C22H17ClN2O2S/c23-16-7-11-18(12-8-16)28-14-13-21(26)24-17-9-5-15(6-10-17)22-25-19-3-1-2-4-20(19)27-22/h1-12H,13-14H2,(H,24,26). The molecule has 0 atom stereocenters. The van der Waals surface area contributed by atoms with Gasteiger partial charge in [0.1, 0.15) is 5.52 Å². The Bertz CT molecular complexity index is 1060. The molecule has 0 bridgehead atoms. The second-order valence-corrected chi connectivity index (χ2v) is 7.77. The van der Waals surface area contributed by atoms with Crippen molar-refractivity contribution in [1.82, 2.24) is 4.98 Å². The number of oxazole rings is 1. The molecule has 1 amide bonds. The first kappa shape index (κ1) is 18.6. The molecule has 0 radical (unpaired) electrons. The minimum absolute atomic E-state index is 0.0175. The molecule has 0 aliphatic rings. The number of benzene rings is 3. The van der Waals surface area contributed by atoms with Gasteiger partial charge in [0, 0.05) is 33.3 Å². The fourth-order valence-electron chi connectivity index (χ4n) is 2.71. The molecule has 3 aromatic carbocycles. The van der Waals surface area contributed by atoms with Crippen molar-refractivity contribution in [3.05, 3.63) is 77.8 Å². The number of nitrogens with one attached hydrogen (secondary N) is 1. The van der Waals surface area contributed by atoms with Crippen LogP contribution in [0.3, 0.4) is 0 Å². The van der Waals surface area contributed by atoms with Gasteiger partial charge in [-0.05, 0) is 60.7 Å². The summed E-state index contributed by atoms with van der Waals surface area (Å²) in [6.45, 7) is 0. The van der Waals surface area contributed by atoms with E-state index in [1.807, 2.05) is 72.8 Å². The SMILES string of the molecule is O=C(CCSc1ccc(Cl)cc1)Nc1ccc(-c2nc3ccccc3o2)cc1. The molecule has 4 nitrogen and oxygen atoms in total. The normalized spacial score (nSPS) is 10.9. The van der Waals surface area contributed by atoms with E-state index in [4.69, 9.17) is 16.0 Å². The van der Waals surface area contributed by atoms with Gasteiger partial charge in [0.2, 0.25) is 11.8 Å². The van der Waals surface area contributed by atoms with E-state index < -0.39 is 0 Å². The number of carbonyl (C=O) groups excluding carboxylic acids is 1. The third-order valence-electron chi connectivity index (χ3n) is 4.12. The van der Waals surface area contributed by atoms with Crippen molar-refractivity contribution >= 4 is 46.1 Å². The lowest BCUT2D eigenvalue weighted by molar-refractivity contribution is -0.115. The average Bonchev–Trinajstić information content (AvgIpc) is 3.14. The number of thioether (sulfide) groups is 1. The summed E-state index contributed by atoms with van der Waals surface area (Å²) in [6.07, 6.45) is 0.431. The molecule has 0 fully saturated rings.